The number of nitrogens with one attached hydrogen (secondary N) is 1. The average molecular weight is 390 g/mol. The van der Waals surface area contributed by atoms with Crippen LogP contribution in [-0.4, -0.2) is 30.6 Å². The lowest BCUT2D eigenvalue weighted by molar-refractivity contribution is -0.115. The van der Waals surface area contributed by atoms with Gasteiger partial charge < -0.3 is 5.32 Å². The van der Waals surface area contributed by atoms with Gasteiger partial charge in [0.15, 0.2) is 5.82 Å². The second-order valence-corrected chi connectivity index (χ2v) is 7.60. The Labute approximate surface area is 166 Å². The normalized spacial score (nSPS) is 10.8. The van der Waals surface area contributed by atoms with Gasteiger partial charge in [-0.2, -0.15) is 5.10 Å². The highest BCUT2D eigenvalue weighted by atomic mass is 32.1. The summed E-state index contributed by atoms with van der Waals surface area (Å²) in [6.07, 6.45) is 4.85. The van der Waals surface area contributed by atoms with E-state index < -0.39 is 0 Å². The zero-order chi connectivity index (χ0) is 19.5. The molecule has 0 aliphatic carbocycles. The molecule has 3 aromatic heterocycles. The lowest BCUT2D eigenvalue weighted by Crippen LogP contribution is -2.16. The van der Waals surface area contributed by atoms with Gasteiger partial charge in [-0.05, 0) is 26.0 Å². The van der Waals surface area contributed by atoms with Crippen molar-refractivity contribution in [3.63, 3.8) is 0 Å². The molecule has 0 aliphatic heterocycles. The zero-order valence-corrected chi connectivity index (χ0v) is 16.3. The molecule has 1 amide bonds. The number of hydrogen-bond acceptors (Lipinski definition) is 6. The van der Waals surface area contributed by atoms with Crippen molar-refractivity contribution in [2.24, 2.45) is 0 Å². The Balaban J connectivity index is 1.57. The van der Waals surface area contributed by atoms with Gasteiger partial charge in [0, 0.05) is 16.6 Å². The number of thiazole rings is 1. The third kappa shape index (κ3) is 3.81. The molecule has 1 N–H and O–H groups in total. The van der Waals surface area contributed by atoms with Gasteiger partial charge in [0.25, 0.3) is 0 Å². The molecule has 8 heteroatoms. The van der Waals surface area contributed by atoms with Crippen LogP contribution in [0.1, 0.15) is 15.4 Å². The van der Waals surface area contributed by atoms with Crippen molar-refractivity contribution in [1.82, 2.24) is 24.7 Å². The van der Waals surface area contributed by atoms with Crippen molar-refractivity contribution in [2.45, 2.75) is 20.3 Å². The number of nitrogens with zero attached hydrogens (tertiary/aromatic N) is 5. The van der Waals surface area contributed by atoms with E-state index in [9.17, 15) is 4.79 Å². The number of aromatic nitrogens is 5. The molecule has 4 rings (SSSR count). The molecule has 0 aliphatic rings. The van der Waals surface area contributed by atoms with E-state index in [4.69, 9.17) is 0 Å². The third-order valence-corrected chi connectivity index (χ3v) is 5.12. The number of anilines is 1. The molecule has 140 valence electrons. The fraction of sp³-hybridized carbons (Fsp3) is 0.150. The molecule has 28 heavy (non-hydrogen) atoms. The fourth-order valence-corrected chi connectivity index (χ4v) is 3.82. The Morgan fingerprint density at radius 3 is 2.75 bits per heavy atom. The molecule has 0 spiro atoms. The second kappa shape index (κ2) is 7.69. The summed E-state index contributed by atoms with van der Waals surface area (Å²) in [6, 6.07) is 11.7. The van der Waals surface area contributed by atoms with Gasteiger partial charge >= 0.3 is 0 Å². The summed E-state index contributed by atoms with van der Waals surface area (Å²) in [5, 5.41) is 7.95. The number of carbonyl (C=O) groups excluding carboxylic acids is 1. The summed E-state index contributed by atoms with van der Waals surface area (Å²) in [5.74, 6) is 0.388. The molecule has 0 bridgehead atoms. The van der Waals surface area contributed by atoms with Crippen molar-refractivity contribution in [2.75, 3.05) is 5.32 Å². The van der Waals surface area contributed by atoms with Crippen LogP contribution in [0.25, 0.3) is 17.1 Å². The number of pyridine rings is 1. The first-order valence-corrected chi connectivity index (χ1v) is 9.55. The lowest BCUT2D eigenvalue weighted by atomic mass is 10.1. The fourth-order valence-electron chi connectivity index (χ4n) is 2.86. The van der Waals surface area contributed by atoms with Gasteiger partial charge in [-0.1, -0.05) is 29.8 Å². The van der Waals surface area contributed by atoms with Crippen molar-refractivity contribution in [3.05, 3.63) is 70.7 Å². The van der Waals surface area contributed by atoms with Crippen LogP contribution in [0.15, 0.2) is 55.2 Å². The maximum Gasteiger partial charge on any atom is 0.229 e. The van der Waals surface area contributed by atoms with Crippen molar-refractivity contribution < 1.29 is 4.79 Å². The quantitative estimate of drug-likeness (QED) is 0.563. The summed E-state index contributed by atoms with van der Waals surface area (Å²) < 4.78 is 1.52. The summed E-state index contributed by atoms with van der Waals surface area (Å²) >= 11 is 1.54. The molecule has 0 unspecified atom stereocenters. The Morgan fingerprint density at radius 1 is 1.18 bits per heavy atom. The zero-order valence-electron chi connectivity index (χ0n) is 15.5. The Kier molecular flexibility index (Phi) is 4.94. The molecular formula is C20H18N6OS. The molecule has 7 nitrogen and oxygen atoms in total. The van der Waals surface area contributed by atoms with Gasteiger partial charge in [0.05, 0.1) is 22.8 Å². The summed E-state index contributed by atoms with van der Waals surface area (Å²) in [7, 11) is 0. The first-order valence-electron chi connectivity index (χ1n) is 8.73. The first-order chi connectivity index (χ1) is 13.6. The van der Waals surface area contributed by atoms with Gasteiger partial charge in [-0.25, -0.2) is 19.6 Å². The molecule has 4 aromatic rings. The molecule has 0 fully saturated rings. The molecular weight excluding hydrogens is 372 g/mol. The van der Waals surface area contributed by atoms with Crippen molar-refractivity contribution >= 4 is 22.9 Å². The van der Waals surface area contributed by atoms with Crippen molar-refractivity contribution in [1.29, 1.82) is 0 Å². The van der Waals surface area contributed by atoms with Gasteiger partial charge in [0.1, 0.15) is 12.7 Å². The molecule has 1 aromatic carbocycles. The van der Waals surface area contributed by atoms with Crippen molar-refractivity contribution in [3.8, 4) is 17.1 Å². The maximum atomic E-state index is 12.7. The van der Waals surface area contributed by atoms with E-state index in [0.717, 1.165) is 21.1 Å². The monoisotopic (exact) mass is 390 g/mol. The first kappa shape index (κ1) is 18.0. The maximum absolute atomic E-state index is 12.7. The molecule has 0 saturated heterocycles. The van der Waals surface area contributed by atoms with Crippen LogP contribution in [0.4, 0.5) is 5.69 Å². The van der Waals surface area contributed by atoms with E-state index in [-0.39, 0.29) is 12.3 Å². The van der Waals surface area contributed by atoms with Crippen LogP contribution < -0.4 is 5.32 Å². The van der Waals surface area contributed by atoms with E-state index >= 15 is 0 Å². The highest BCUT2D eigenvalue weighted by molar-refractivity contribution is 7.12. The van der Waals surface area contributed by atoms with Gasteiger partial charge in [0.2, 0.25) is 5.91 Å². The number of benzene rings is 1. The van der Waals surface area contributed by atoms with Crippen LogP contribution in [0.5, 0.6) is 0 Å². The second-order valence-electron chi connectivity index (χ2n) is 6.31. The molecule has 0 radical (unpaired) electrons. The predicted molar refractivity (Wildman–Crippen MR) is 109 cm³/mol. The smallest absolute Gasteiger partial charge is 0.229 e. The van der Waals surface area contributed by atoms with Gasteiger partial charge in [-0.3, -0.25) is 4.79 Å². The minimum absolute atomic E-state index is 0.133. The van der Waals surface area contributed by atoms with Crippen LogP contribution in [-0.2, 0) is 11.2 Å². The third-order valence-electron chi connectivity index (χ3n) is 4.15. The standard InChI is InChI=1S/C20H18N6OS/c1-13-5-7-15(8-6-13)19-17(28-14(2)24-19)10-18(27)25-16-4-3-9-22-20(16)26-12-21-11-23-26/h3-9,11-12H,10H2,1-2H3,(H,25,27). The van der Waals surface area contributed by atoms with Crippen LogP contribution >= 0.6 is 11.3 Å². The minimum atomic E-state index is -0.133. The van der Waals surface area contributed by atoms with E-state index in [2.05, 4.69) is 25.4 Å². The van der Waals surface area contributed by atoms with Gasteiger partial charge in [-0.15, -0.1) is 11.3 Å². The van der Waals surface area contributed by atoms with E-state index in [1.807, 2.05) is 38.1 Å². The summed E-state index contributed by atoms with van der Waals surface area (Å²) in [5.41, 5.74) is 3.64. The summed E-state index contributed by atoms with van der Waals surface area (Å²) in [4.78, 5) is 26.5. The lowest BCUT2D eigenvalue weighted by Gasteiger charge is -2.09. The Bertz CT molecular complexity index is 1100. The van der Waals surface area contributed by atoms with E-state index in [0.29, 0.717) is 11.5 Å². The van der Waals surface area contributed by atoms with E-state index in [1.165, 1.54) is 27.9 Å². The Morgan fingerprint density at radius 2 is 2.00 bits per heavy atom. The topological polar surface area (TPSA) is 85.6 Å². The molecule has 3 heterocycles. The SMILES string of the molecule is Cc1ccc(-c2nc(C)sc2CC(=O)Nc2cccnc2-n2cncn2)cc1. The number of hydrogen-bond donors (Lipinski definition) is 1. The number of aryl methyl sites for hydroxylation is 2. The number of carbonyl (C=O) groups is 1. The highest BCUT2D eigenvalue weighted by Crippen LogP contribution is 2.29. The Hall–Kier alpha value is -3.39. The molecule has 0 saturated carbocycles. The van der Waals surface area contributed by atoms with Crippen LogP contribution in [0.2, 0.25) is 0 Å². The molecule has 0 atom stereocenters. The minimum Gasteiger partial charge on any atom is -0.323 e. The van der Waals surface area contributed by atoms with E-state index in [1.54, 1.807) is 24.7 Å². The largest absolute Gasteiger partial charge is 0.323 e. The van der Waals surface area contributed by atoms with Crippen LogP contribution in [0, 0.1) is 13.8 Å². The number of rotatable bonds is 5. The predicted octanol–water partition coefficient (Wildman–Crippen LogP) is 3.58. The highest BCUT2D eigenvalue weighted by Gasteiger charge is 2.16. The average Bonchev–Trinajstić information content (AvgIpc) is 3.33. The number of amides is 1. The summed E-state index contributed by atoms with van der Waals surface area (Å²) in [6.45, 7) is 4.00. The van der Waals surface area contributed by atoms with Crippen LogP contribution in [0.3, 0.4) is 0 Å².